The first kappa shape index (κ1) is 17.3. The van der Waals surface area contributed by atoms with E-state index in [2.05, 4.69) is 15.1 Å². The lowest BCUT2D eigenvalue weighted by Crippen LogP contribution is -2.36. The van der Waals surface area contributed by atoms with Gasteiger partial charge in [-0.1, -0.05) is 12.1 Å². The third-order valence-electron chi connectivity index (χ3n) is 5.00. The fraction of sp³-hybridized carbons (Fsp3) is 0.368. The van der Waals surface area contributed by atoms with Crippen LogP contribution < -0.4 is 0 Å². The second-order valence-electron chi connectivity index (χ2n) is 6.66. The number of carbonyl (C=O) groups is 2. The molecule has 8 nitrogen and oxygen atoms in total. The summed E-state index contributed by atoms with van der Waals surface area (Å²) in [4.78, 5) is 33.6. The predicted molar refractivity (Wildman–Crippen MR) is 98.4 cm³/mol. The van der Waals surface area contributed by atoms with Gasteiger partial charge in [-0.25, -0.2) is 9.78 Å². The lowest BCUT2D eigenvalue weighted by atomic mass is 10.0. The molecule has 1 aromatic carbocycles. The number of hydrogen-bond acceptors (Lipinski definition) is 4. The SMILES string of the molecule is CCn1nc(C(=O)O)c2c1CCN(C(=O)CCc1nc3ccccc3[nH]1)C2. The van der Waals surface area contributed by atoms with E-state index in [0.29, 0.717) is 44.5 Å². The van der Waals surface area contributed by atoms with Crippen LogP contribution in [-0.2, 0) is 30.7 Å². The number of aromatic nitrogens is 4. The van der Waals surface area contributed by atoms with Crippen LogP contribution in [0.1, 0.15) is 40.9 Å². The van der Waals surface area contributed by atoms with Crippen molar-refractivity contribution in [2.24, 2.45) is 0 Å². The highest BCUT2D eigenvalue weighted by molar-refractivity contribution is 5.88. The van der Waals surface area contributed by atoms with Crippen molar-refractivity contribution in [1.29, 1.82) is 0 Å². The summed E-state index contributed by atoms with van der Waals surface area (Å²) in [5, 5.41) is 13.6. The standard InChI is InChI=1S/C19H21N5O3/c1-2-24-15-9-10-23(11-12(15)18(22-24)19(26)27)17(25)8-7-16-20-13-5-3-4-6-14(13)21-16/h3-6H,2,7-11H2,1H3,(H,20,21)(H,26,27). The first-order valence-electron chi connectivity index (χ1n) is 9.10. The van der Waals surface area contributed by atoms with Gasteiger partial charge in [0.25, 0.3) is 0 Å². The Morgan fingerprint density at radius 3 is 2.85 bits per heavy atom. The molecule has 3 aromatic rings. The Morgan fingerprint density at radius 1 is 1.30 bits per heavy atom. The topological polar surface area (TPSA) is 104 Å². The summed E-state index contributed by atoms with van der Waals surface area (Å²) in [6.07, 6.45) is 1.48. The van der Waals surface area contributed by atoms with Gasteiger partial charge in [0, 0.05) is 50.2 Å². The zero-order chi connectivity index (χ0) is 19.0. The van der Waals surface area contributed by atoms with Gasteiger partial charge < -0.3 is 15.0 Å². The highest BCUT2D eigenvalue weighted by Crippen LogP contribution is 2.23. The summed E-state index contributed by atoms with van der Waals surface area (Å²) in [6, 6.07) is 7.76. The Bertz CT molecular complexity index is 987. The van der Waals surface area contributed by atoms with Crippen molar-refractivity contribution in [3.63, 3.8) is 0 Å². The van der Waals surface area contributed by atoms with E-state index >= 15 is 0 Å². The summed E-state index contributed by atoms with van der Waals surface area (Å²) < 4.78 is 1.73. The Balaban J connectivity index is 1.46. The minimum atomic E-state index is -1.05. The van der Waals surface area contributed by atoms with Crippen LogP contribution in [0.3, 0.4) is 0 Å². The van der Waals surface area contributed by atoms with Crippen molar-refractivity contribution >= 4 is 22.9 Å². The molecule has 0 unspecified atom stereocenters. The quantitative estimate of drug-likeness (QED) is 0.718. The number of aromatic carboxylic acids is 1. The van der Waals surface area contributed by atoms with E-state index in [1.165, 1.54) is 0 Å². The first-order chi connectivity index (χ1) is 13.1. The number of H-pyrrole nitrogens is 1. The molecule has 1 aliphatic heterocycles. The maximum atomic E-state index is 12.7. The molecule has 0 radical (unpaired) electrons. The number of benzene rings is 1. The van der Waals surface area contributed by atoms with E-state index in [1.54, 1.807) is 9.58 Å². The molecule has 8 heteroatoms. The lowest BCUT2D eigenvalue weighted by molar-refractivity contribution is -0.132. The number of carboxylic acid groups (broad SMARTS) is 1. The van der Waals surface area contributed by atoms with E-state index in [1.807, 2.05) is 31.2 Å². The highest BCUT2D eigenvalue weighted by atomic mass is 16.4. The van der Waals surface area contributed by atoms with Gasteiger partial charge >= 0.3 is 5.97 Å². The molecule has 27 heavy (non-hydrogen) atoms. The number of aryl methyl sites for hydroxylation is 2. The molecule has 140 valence electrons. The Hall–Kier alpha value is -3.16. The van der Waals surface area contributed by atoms with E-state index in [9.17, 15) is 14.7 Å². The van der Waals surface area contributed by atoms with Crippen molar-refractivity contribution in [1.82, 2.24) is 24.6 Å². The second kappa shape index (κ2) is 6.86. The van der Waals surface area contributed by atoms with Gasteiger partial charge in [0.15, 0.2) is 5.69 Å². The molecule has 0 spiro atoms. The van der Waals surface area contributed by atoms with Crippen LogP contribution >= 0.6 is 0 Å². The number of imidazole rings is 1. The maximum Gasteiger partial charge on any atom is 0.356 e. The molecule has 0 saturated heterocycles. The smallest absolute Gasteiger partial charge is 0.356 e. The zero-order valence-corrected chi connectivity index (χ0v) is 15.1. The summed E-state index contributed by atoms with van der Waals surface area (Å²) >= 11 is 0. The normalized spacial score (nSPS) is 13.7. The van der Waals surface area contributed by atoms with Crippen molar-refractivity contribution in [2.75, 3.05) is 6.54 Å². The van der Waals surface area contributed by atoms with Crippen LogP contribution in [0.2, 0.25) is 0 Å². The van der Waals surface area contributed by atoms with E-state index in [0.717, 1.165) is 22.6 Å². The fourth-order valence-electron chi connectivity index (χ4n) is 3.64. The molecule has 3 heterocycles. The van der Waals surface area contributed by atoms with E-state index in [-0.39, 0.29) is 11.6 Å². The summed E-state index contributed by atoms with van der Waals surface area (Å²) in [6.45, 7) is 3.44. The number of para-hydroxylation sites is 2. The average molecular weight is 367 g/mol. The molecule has 1 amide bonds. The van der Waals surface area contributed by atoms with Crippen LogP contribution in [0.15, 0.2) is 24.3 Å². The first-order valence-corrected chi connectivity index (χ1v) is 9.10. The van der Waals surface area contributed by atoms with Gasteiger partial charge in [0.2, 0.25) is 5.91 Å². The number of aromatic amines is 1. The van der Waals surface area contributed by atoms with Crippen LogP contribution in [-0.4, -0.2) is 48.2 Å². The molecule has 1 aliphatic rings. The predicted octanol–water partition coefficient (Wildman–Crippen LogP) is 1.99. The number of nitrogens with zero attached hydrogens (tertiary/aromatic N) is 4. The summed E-state index contributed by atoms with van der Waals surface area (Å²) in [5.74, 6) is -0.260. The van der Waals surface area contributed by atoms with Crippen LogP contribution in [0, 0.1) is 0 Å². The van der Waals surface area contributed by atoms with E-state index < -0.39 is 5.97 Å². The van der Waals surface area contributed by atoms with Crippen LogP contribution in [0.5, 0.6) is 0 Å². The monoisotopic (exact) mass is 367 g/mol. The lowest BCUT2D eigenvalue weighted by Gasteiger charge is -2.27. The molecule has 0 aliphatic carbocycles. The minimum absolute atomic E-state index is 0.00157. The molecule has 0 bridgehead atoms. The average Bonchev–Trinajstić information content (AvgIpc) is 3.26. The number of carboxylic acids is 1. The van der Waals surface area contributed by atoms with Gasteiger partial charge in [-0.3, -0.25) is 9.48 Å². The summed E-state index contributed by atoms with van der Waals surface area (Å²) in [5.41, 5.74) is 3.49. The fourth-order valence-corrected chi connectivity index (χ4v) is 3.64. The number of rotatable bonds is 5. The molecular formula is C19H21N5O3. The van der Waals surface area contributed by atoms with Gasteiger partial charge in [-0.15, -0.1) is 0 Å². The number of fused-ring (bicyclic) bond motifs is 2. The van der Waals surface area contributed by atoms with Gasteiger partial charge in [-0.2, -0.15) is 5.10 Å². The molecule has 4 rings (SSSR count). The van der Waals surface area contributed by atoms with Crippen LogP contribution in [0.25, 0.3) is 11.0 Å². The van der Waals surface area contributed by atoms with Gasteiger partial charge in [0.1, 0.15) is 5.82 Å². The molecule has 2 aromatic heterocycles. The molecule has 0 fully saturated rings. The summed E-state index contributed by atoms with van der Waals surface area (Å²) in [7, 11) is 0. The largest absolute Gasteiger partial charge is 0.476 e. The van der Waals surface area contributed by atoms with Crippen LogP contribution in [0.4, 0.5) is 0 Å². The number of hydrogen-bond donors (Lipinski definition) is 2. The third-order valence-corrected chi connectivity index (χ3v) is 5.00. The second-order valence-corrected chi connectivity index (χ2v) is 6.66. The van der Waals surface area contributed by atoms with E-state index in [4.69, 9.17) is 0 Å². The van der Waals surface area contributed by atoms with Gasteiger partial charge in [-0.05, 0) is 19.1 Å². The Labute approximate surface area is 155 Å². The number of nitrogens with one attached hydrogen (secondary N) is 1. The maximum absolute atomic E-state index is 12.7. The highest BCUT2D eigenvalue weighted by Gasteiger charge is 2.29. The third kappa shape index (κ3) is 3.18. The van der Waals surface area contributed by atoms with Crippen molar-refractivity contribution in [2.45, 2.75) is 39.3 Å². The molecule has 0 saturated carbocycles. The zero-order valence-electron chi connectivity index (χ0n) is 15.1. The number of amides is 1. The van der Waals surface area contributed by atoms with Crippen molar-refractivity contribution in [3.05, 3.63) is 47.0 Å². The molecular weight excluding hydrogens is 346 g/mol. The Kier molecular flexibility index (Phi) is 4.39. The number of carbonyl (C=O) groups excluding carboxylic acids is 1. The van der Waals surface area contributed by atoms with Crippen molar-refractivity contribution in [3.8, 4) is 0 Å². The molecule has 2 N–H and O–H groups in total. The molecule has 0 atom stereocenters. The van der Waals surface area contributed by atoms with Gasteiger partial charge in [0.05, 0.1) is 11.0 Å². The Morgan fingerprint density at radius 2 is 2.11 bits per heavy atom. The minimum Gasteiger partial charge on any atom is -0.476 e. The van der Waals surface area contributed by atoms with Crippen molar-refractivity contribution < 1.29 is 14.7 Å².